The van der Waals surface area contributed by atoms with Crippen LogP contribution in [0.5, 0.6) is 0 Å². The molecule has 2 aliphatic heterocycles. The van der Waals surface area contributed by atoms with Crippen molar-refractivity contribution in [3.05, 3.63) is 83.8 Å². The first-order chi connectivity index (χ1) is 12.1. The molecule has 0 fully saturated rings. The number of nitrogens with zero attached hydrogens (tertiary/aromatic N) is 2. The highest BCUT2D eigenvalue weighted by Crippen LogP contribution is 2.26. The van der Waals surface area contributed by atoms with Crippen molar-refractivity contribution in [3.63, 3.8) is 0 Å². The standard InChI is InChI=1S/C18H12F6N2/c19-17(20,21)25-9-5-15(6-10-25)13-1-2-14(4-3-13)16-7-11-26(12-8-16)18(22,23)24/h1-12H. The van der Waals surface area contributed by atoms with Crippen molar-refractivity contribution in [3.8, 4) is 0 Å². The van der Waals surface area contributed by atoms with Crippen LogP contribution in [0.1, 0.15) is 0 Å². The number of hydrogen-bond donors (Lipinski definition) is 0. The molecule has 1 aromatic carbocycles. The summed E-state index contributed by atoms with van der Waals surface area (Å²) in [5, 5.41) is 1.40. The molecule has 26 heavy (non-hydrogen) atoms. The summed E-state index contributed by atoms with van der Waals surface area (Å²) in [6.07, 6.45) is 0.147. The molecule has 0 bridgehead atoms. The average molecular weight is 370 g/mol. The fourth-order valence-corrected chi connectivity index (χ4v) is 2.43. The van der Waals surface area contributed by atoms with Gasteiger partial charge in [-0.2, -0.15) is 0 Å². The van der Waals surface area contributed by atoms with Gasteiger partial charge in [0.2, 0.25) is 0 Å². The minimum Gasteiger partial charge on any atom is -0.266 e. The minimum atomic E-state index is -4.47. The Morgan fingerprint density at radius 3 is 1.00 bits per heavy atom. The largest absolute Gasteiger partial charge is 0.488 e. The lowest BCUT2D eigenvalue weighted by Gasteiger charge is -2.21. The molecule has 0 unspecified atom stereocenters. The van der Waals surface area contributed by atoms with Gasteiger partial charge in [-0.3, -0.25) is 9.80 Å². The van der Waals surface area contributed by atoms with E-state index in [1.165, 1.54) is 24.3 Å². The third kappa shape index (κ3) is 3.84. The zero-order valence-electron chi connectivity index (χ0n) is 13.1. The van der Waals surface area contributed by atoms with Crippen LogP contribution in [0.2, 0.25) is 0 Å². The Kier molecular flexibility index (Phi) is 4.43. The van der Waals surface area contributed by atoms with Gasteiger partial charge in [0.05, 0.1) is 0 Å². The van der Waals surface area contributed by atoms with Gasteiger partial charge in [0.15, 0.2) is 0 Å². The van der Waals surface area contributed by atoms with Crippen molar-refractivity contribution in [1.82, 2.24) is 9.80 Å². The van der Waals surface area contributed by atoms with Gasteiger partial charge in [-0.25, -0.2) is 0 Å². The number of allylic oxidation sites excluding steroid dienone is 4. The summed E-state index contributed by atoms with van der Waals surface area (Å²) in [6.45, 7) is 0. The van der Waals surface area contributed by atoms with Crippen molar-refractivity contribution in [1.29, 1.82) is 0 Å². The fraction of sp³-hybridized carbons (Fsp3) is 0.111. The van der Waals surface area contributed by atoms with Crippen molar-refractivity contribution in [2.24, 2.45) is 0 Å². The van der Waals surface area contributed by atoms with Crippen LogP contribution in [0, 0.1) is 0 Å². The molecule has 1 aromatic rings. The van der Waals surface area contributed by atoms with Gasteiger partial charge in [0.25, 0.3) is 0 Å². The summed E-state index contributed by atoms with van der Waals surface area (Å²) >= 11 is 0. The highest BCUT2D eigenvalue weighted by atomic mass is 19.4. The highest BCUT2D eigenvalue weighted by Gasteiger charge is 2.34. The minimum absolute atomic E-state index is 0.144. The predicted molar refractivity (Wildman–Crippen MR) is 84.9 cm³/mol. The van der Waals surface area contributed by atoms with Crippen LogP contribution in [0.3, 0.4) is 0 Å². The van der Waals surface area contributed by atoms with Gasteiger partial charge >= 0.3 is 12.6 Å². The van der Waals surface area contributed by atoms with Crippen molar-refractivity contribution < 1.29 is 26.3 Å². The van der Waals surface area contributed by atoms with Gasteiger partial charge in [-0.1, -0.05) is 24.3 Å². The van der Waals surface area contributed by atoms with E-state index in [-0.39, 0.29) is 9.80 Å². The molecule has 2 nitrogen and oxygen atoms in total. The molecule has 0 saturated heterocycles. The third-order valence-corrected chi connectivity index (χ3v) is 3.80. The molecular weight excluding hydrogens is 358 g/mol. The SMILES string of the molecule is FC(F)(F)N1C=CC(=c2ccc(=C3C=CN(C(F)(F)F)C=C3)cc2)C=C1. The summed E-state index contributed by atoms with van der Waals surface area (Å²) < 4.78 is 75.3. The second-order valence-corrected chi connectivity index (χ2v) is 5.50. The van der Waals surface area contributed by atoms with E-state index in [4.69, 9.17) is 0 Å². The Hall–Kier alpha value is -2.90. The summed E-state index contributed by atoms with van der Waals surface area (Å²) in [5.41, 5.74) is 1.19. The first-order valence-electron chi connectivity index (χ1n) is 7.42. The summed E-state index contributed by atoms with van der Waals surface area (Å²) in [7, 11) is 0. The molecule has 0 N–H and O–H groups in total. The maximum atomic E-state index is 12.6. The quantitative estimate of drug-likeness (QED) is 0.508. The highest BCUT2D eigenvalue weighted by molar-refractivity contribution is 5.69. The van der Waals surface area contributed by atoms with E-state index >= 15 is 0 Å². The lowest BCUT2D eigenvalue weighted by molar-refractivity contribution is -0.211. The molecule has 2 aliphatic rings. The maximum absolute atomic E-state index is 12.6. The Balaban J connectivity index is 1.87. The number of benzene rings is 1. The zero-order chi connectivity index (χ0) is 18.9. The molecule has 136 valence electrons. The molecule has 0 saturated carbocycles. The topological polar surface area (TPSA) is 6.48 Å². The van der Waals surface area contributed by atoms with E-state index in [1.54, 1.807) is 24.3 Å². The molecule has 0 atom stereocenters. The summed E-state index contributed by atoms with van der Waals surface area (Å²) in [6, 6.07) is 6.81. The molecule has 0 aromatic heterocycles. The normalized spacial score (nSPS) is 17.5. The van der Waals surface area contributed by atoms with Crippen LogP contribution in [-0.2, 0) is 0 Å². The lowest BCUT2D eigenvalue weighted by Crippen LogP contribution is -2.29. The monoisotopic (exact) mass is 370 g/mol. The Morgan fingerprint density at radius 1 is 0.500 bits per heavy atom. The van der Waals surface area contributed by atoms with Crippen LogP contribution in [-0.4, -0.2) is 22.4 Å². The molecule has 0 spiro atoms. The van der Waals surface area contributed by atoms with Crippen LogP contribution >= 0.6 is 0 Å². The first-order valence-corrected chi connectivity index (χ1v) is 7.42. The van der Waals surface area contributed by atoms with Crippen LogP contribution in [0.15, 0.2) is 73.4 Å². The number of alkyl halides is 6. The summed E-state index contributed by atoms with van der Waals surface area (Å²) in [5.74, 6) is 0. The van der Waals surface area contributed by atoms with E-state index in [1.807, 2.05) is 0 Å². The molecule has 0 radical (unpaired) electrons. The molecule has 0 aliphatic carbocycles. The second kappa shape index (κ2) is 6.44. The Labute approximate surface area is 144 Å². The molecule has 0 amide bonds. The van der Waals surface area contributed by atoms with Crippen molar-refractivity contribution in [2.45, 2.75) is 12.6 Å². The maximum Gasteiger partial charge on any atom is 0.488 e. The van der Waals surface area contributed by atoms with Crippen LogP contribution in [0.4, 0.5) is 26.3 Å². The van der Waals surface area contributed by atoms with Gasteiger partial charge in [0, 0.05) is 24.8 Å². The van der Waals surface area contributed by atoms with Gasteiger partial charge < -0.3 is 0 Å². The molecular formula is C18H12F6N2. The van der Waals surface area contributed by atoms with E-state index < -0.39 is 12.6 Å². The van der Waals surface area contributed by atoms with E-state index in [0.29, 0.717) is 21.6 Å². The van der Waals surface area contributed by atoms with Gasteiger partial charge in [-0.05, 0) is 45.9 Å². The first kappa shape index (κ1) is 17.9. The van der Waals surface area contributed by atoms with Gasteiger partial charge in [-0.15, -0.1) is 26.3 Å². The lowest BCUT2D eigenvalue weighted by atomic mass is 10.1. The number of halogens is 6. The average Bonchev–Trinajstić information content (AvgIpc) is 2.61. The summed E-state index contributed by atoms with van der Waals surface area (Å²) in [4.78, 5) is 0.287. The van der Waals surface area contributed by atoms with Crippen molar-refractivity contribution in [2.75, 3.05) is 0 Å². The number of hydrogen-bond acceptors (Lipinski definition) is 2. The van der Waals surface area contributed by atoms with Crippen LogP contribution in [0.25, 0.3) is 11.1 Å². The van der Waals surface area contributed by atoms with E-state index in [9.17, 15) is 26.3 Å². The van der Waals surface area contributed by atoms with E-state index in [0.717, 1.165) is 24.8 Å². The van der Waals surface area contributed by atoms with Crippen LogP contribution < -0.4 is 10.4 Å². The Bertz CT molecular complexity index is 799. The number of rotatable bonds is 0. The van der Waals surface area contributed by atoms with Crippen molar-refractivity contribution >= 4 is 11.1 Å². The van der Waals surface area contributed by atoms with Gasteiger partial charge in [0.1, 0.15) is 0 Å². The predicted octanol–water partition coefficient (Wildman–Crippen LogP) is 3.71. The molecule has 8 heteroatoms. The smallest absolute Gasteiger partial charge is 0.266 e. The third-order valence-electron chi connectivity index (χ3n) is 3.80. The molecule has 3 rings (SSSR count). The second-order valence-electron chi connectivity index (χ2n) is 5.50. The molecule has 2 heterocycles. The fourth-order valence-electron chi connectivity index (χ4n) is 2.43. The zero-order valence-corrected chi connectivity index (χ0v) is 13.1. The van der Waals surface area contributed by atoms with E-state index in [2.05, 4.69) is 0 Å². The Morgan fingerprint density at radius 2 is 0.769 bits per heavy atom.